The Morgan fingerprint density at radius 2 is 1.96 bits per heavy atom. The summed E-state index contributed by atoms with van der Waals surface area (Å²) in [5, 5.41) is 0. The SMILES string of the molecule is C=C(/C=C\C(=N/C)Oc1ccc(C2(C(F)(F)F)CC2)cc1F)C(=O)OC. The molecule has 140 valence electrons. The molecule has 1 saturated carbocycles. The molecule has 0 radical (unpaired) electrons. The van der Waals surface area contributed by atoms with Crippen LogP contribution in [-0.2, 0) is 14.9 Å². The van der Waals surface area contributed by atoms with Crippen molar-refractivity contribution in [3.8, 4) is 5.75 Å². The number of halogens is 4. The fourth-order valence-corrected chi connectivity index (χ4v) is 2.38. The first-order chi connectivity index (χ1) is 12.1. The lowest BCUT2D eigenvalue weighted by molar-refractivity contribution is -0.160. The van der Waals surface area contributed by atoms with Crippen molar-refractivity contribution in [1.29, 1.82) is 0 Å². The molecule has 1 aliphatic rings. The fourth-order valence-electron chi connectivity index (χ4n) is 2.38. The molecule has 0 unspecified atom stereocenters. The molecule has 2 rings (SSSR count). The number of hydrogen-bond donors (Lipinski definition) is 0. The summed E-state index contributed by atoms with van der Waals surface area (Å²) in [5.74, 6) is -1.92. The van der Waals surface area contributed by atoms with Crippen LogP contribution in [0.2, 0.25) is 0 Å². The molecule has 1 fully saturated rings. The van der Waals surface area contributed by atoms with E-state index in [1.807, 2.05) is 0 Å². The number of rotatable bonds is 5. The quantitative estimate of drug-likeness (QED) is 0.195. The van der Waals surface area contributed by atoms with Gasteiger partial charge in [-0.25, -0.2) is 9.18 Å². The number of ether oxygens (including phenoxy) is 2. The second kappa shape index (κ2) is 7.31. The number of esters is 1. The Hall–Kier alpha value is -2.64. The Labute approximate surface area is 147 Å². The smallest absolute Gasteiger partial charge is 0.398 e. The summed E-state index contributed by atoms with van der Waals surface area (Å²) in [7, 11) is 2.56. The van der Waals surface area contributed by atoms with Crippen molar-refractivity contribution in [2.24, 2.45) is 4.99 Å². The van der Waals surface area contributed by atoms with E-state index < -0.39 is 23.4 Å². The molecule has 26 heavy (non-hydrogen) atoms. The van der Waals surface area contributed by atoms with E-state index in [0.717, 1.165) is 12.1 Å². The zero-order chi connectivity index (χ0) is 19.5. The van der Waals surface area contributed by atoms with E-state index in [2.05, 4.69) is 16.3 Å². The van der Waals surface area contributed by atoms with Gasteiger partial charge in [0.25, 0.3) is 0 Å². The summed E-state index contributed by atoms with van der Waals surface area (Å²) in [5.41, 5.74) is -2.07. The fraction of sp³-hybridized carbons (Fsp3) is 0.333. The van der Waals surface area contributed by atoms with Gasteiger partial charge in [0.15, 0.2) is 11.6 Å². The number of alkyl halides is 3. The lowest BCUT2D eigenvalue weighted by atomic mass is 9.95. The number of carbonyl (C=O) groups is 1. The van der Waals surface area contributed by atoms with Gasteiger partial charge in [0.2, 0.25) is 5.90 Å². The first-order valence-electron chi connectivity index (χ1n) is 7.61. The van der Waals surface area contributed by atoms with Crippen LogP contribution in [0.5, 0.6) is 5.75 Å². The summed E-state index contributed by atoms with van der Waals surface area (Å²) in [6.45, 7) is 3.47. The average Bonchev–Trinajstić information content (AvgIpc) is 3.40. The predicted octanol–water partition coefficient (Wildman–Crippen LogP) is 4.11. The van der Waals surface area contributed by atoms with E-state index in [1.165, 1.54) is 32.4 Å². The van der Waals surface area contributed by atoms with Crippen LogP contribution < -0.4 is 4.74 Å². The Kier molecular flexibility index (Phi) is 5.53. The molecule has 8 heteroatoms. The summed E-state index contributed by atoms with van der Waals surface area (Å²) in [6.07, 6.45) is -2.00. The zero-order valence-corrected chi connectivity index (χ0v) is 14.2. The maximum Gasteiger partial charge on any atom is 0.398 e. The third kappa shape index (κ3) is 3.95. The minimum Gasteiger partial charge on any atom is -0.465 e. The van der Waals surface area contributed by atoms with Crippen LogP contribution in [0, 0.1) is 5.82 Å². The van der Waals surface area contributed by atoms with Gasteiger partial charge in [0.05, 0.1) is 18.1 Å². The molecule has 0 N–H and O–H groups in total. The summed E-state index contributed by atoms with van der Waals surface area (Å²) in [6, 6.07) is 3.16. The van der Waals surface area contributed by atoms with E-state index in [-0.39, 0.29) is 35.6 Å². The van der Waals surface area contributed by atoms with Crippen molar-refractivity contribution in [3.05, 3.63) is 53.9 Å². The Morgan fingerprint density at radius 1 is 1.31 bits per heavy atom. The van der Waals surface area contributed by atoms with Gasteiger partial charge in [0.1, 0.15) is 0 Å². The molecule has 0 aromatic heterocycles. The molecule has 1 aromatic rings. The number of hydrogen-bond acceptors (Lipinski definition) is 4. The summed E-state index contributed by atoms with van der Waals surface area (Å²) in [4.78, 5) is 15.0. The number of benzene rings is 1. The third-order valence-corrected chi connectivity index (χ3v) is 4.09. The molecule has 0 spiro atoms. The maximum absolute atomic E-state index is 14.2. The van der Waals surface area contributed by atoms with Crippen LogP contribution in [0.25, 0.3) is 0 Å². The highest BCUT2D eigenvalue weighted by atomic mass is 19.4. The molecule has 0 saturated heterocycles. The molecular formula is C18H17F4NO3. The van der Waals surface area contributed by atoms with Gasteiger partial charge in [-0.15, -0.1) is 0 Å². The van der Waals surface area contributed by atoms with E-state index in [9.17, 15) is 22.4 Å². The second-order valence-corrected chi connectivity index (χ2v) is 5.74. The topological polar surface area (TPSA) is 47.9 Å². The maximum atomic E-state index is 14.2. The third-order valence-electron chi connectivity index (χ3n) is 4.09. The monoisotopic (exact) mass is 371 g/mol. The molecular weight excluding hydrogens is 354 g/mol. The van der Waals surface area contributed by atoms with Crippen LogP contribution in [0.15, 0.2) is 47.5 Å². The highest BCUT2D eigenvalue weighted by molar-refractivity contribution is 5.95. The average molecular weight is 371 g/mol. The van der Waals surface area contributed by atoms with Crippen molar-refractivity contribution in [2.45, 2.75) is 24.4 Å². The van der Waals surface area contributed by atoms with E-state index in [4.69, 9.17) is 4.74 Å². The standard InChI is InChI=1S/C18H17F4NO3/c1-11(16(24)25-3)4-7-15(23-2)26-14-6-5-12(10-13(14)19)17(8-9-17)18(20,21)22/h4-7,10H,1,8-9H2,2-3H3/b7-4-,23-15+. The number of methoxy groups -OCH3 is 1. The van der Waals surface area contributed by atoms with E-state index in [0.29, 0.717) is 0 Å². The van der Waals surface area contributed by atoms with Gasteiger partial charge in [-0.05, 0) is 36.6 Å². The molecule has 4 nitrogen and oxygen atoms in total. The molecule has 1 aromatic carbocycles. The first kappa shape index (κ1) is 19.7. The van der Waals surface area contributed by atoms with Gasteiger partial charge in [-0.1, -0.05) is 12.6 Å². The highest BCUT2D eigenvalue weighted by Crippen LogP contribution is 2.59. The number of aliphatic imine (C=N–C) groups is 1. The number of nitrogens with zero attached hydrogens (tertiary/aromatic N) is 1. The largest absolute Gasteiger partial charge is 0.465 e. The Morgan fingerprint density at radius 3 is 2.42 bits per heavy atom. The first-order valence-corrected chi connectivity index (χ1v) is 7.61. The van der Waals surface area contributed by atoms with Crippen molar-refractivity contribution >= 4 is 11.9 Å². The van der Waals surface area contributed by atoms with Crippen molar-refractivity contribution in [2.75, 3.05) is 14.2 Å². The van der Waals surface area contributed by atoms with Crippen molar-refractivity contribution < 1.29 is 31.8 Å². The van der Waals surface area contributed by atoms with Crippen LogP contribution in [0.1, 0.15) is 18.4 Å². The van der Waals surface area contributed by atoms with Crippen LogP contribution in [0.3, 0.4) is 0 Å². The van der Waals surface area contributed by atoms with Gasteiger partial charge in [-0.3, -0.25) is 4.99 Å². The lowest BCUT2D eigenvalue weighted by Gasteiger charge is -2.20. The Balaban J connectivity index is 2.16. The molecule has 0 aliphatic heterocycles. The second-order valence-electron chi connectivity index (χ2n) is 5.74. The predicted molar refractivity (Wildman–Crippen MR) is 87.7 cm³/mol. The van der Waals surface area contributed by atoms with Crippen molar-refractivity contribution in [3.63, 3.8) is 0 Å². The summed E-state index contributed by atoms with van der Waals surface area (Å²) < 4.78 is 63.3. The van der Waals surface area contributed by atoms with Crippen LogP contribution >= 0.6 is 0 Å². The number of carbonyl (C=O) groups excluding carboxylic acids is 1. The van der Waals surface area contributed by atoms with E-state index in [1.54, 1.807) is 0 Å². The highest BCUT2D eigenvalue weighted by Gasteiger charge is 2.64. The molecule has 0 bridgehead atoms. The normalized spacial score (nSPS) is 16.5. The van der Waals surface area contributed by atoms with Gasteiger partial charge in [-0.2, -0.15) is 13.2 Å². The van der Waals surface area contributed by atoms with Gasteiger partial charge in [0, 0.05) is 13.1 Å². The lowest BCUT2D eigenvalue weighted by Crippen LogP contribution is -2.28. The molecule has 0 atom stereocenters. The summed E-state index contributed by atoms with van der Waals surface area (Å²) >= 11 is 0. The minimum absolute atomic E-state index is 0.0222. The molecule has 0 amide bonds. The Bertz CT molecular complexity index is 777. The minimum atomic E-state index is -4.42. The van der Waals surface area contributed by atoms with E-state index >= 15 is 0 Å². The zero-order valence-electron chi connectivity index (χ0n) is 14.2. The molecule has 0 heterocycles. The van der Waals surface area contributed by atoms with Gasteiger partial charge >= 0.3 is 12.1 Å². The molecule has 1 aliphatic carbocycles. The van der Waals surface area contributed by atoms with Crippen LogP contribution in [-0.4, -0.2) is 32.2 Å². The van der Waals surface area contributed by atoms with Crippen molar-refractivity contribution in [1.82, 2.24) is 0 Å². The van der Waals surface area contributed by atoms with Gasteiger partial charge < -0.3 is 9.47 Å². The van der Waals surface area contributed by atoms with Crippen LogP contribution in [0.4, 0.5) is 17.6 Å².